The van der Waals surface area contributed by atoms with Gasteiger partial charge in [0.15, 0.2) is 11.6 Å². The highest BCUT2D eigenvalue weighted by Crippen LogP contribution is 2.34. The third-order valence-corrected chi connectivity index (χ3v) is 9.90. The monoisotopic (exact) mass is 834 g/mol. The van der Waals surface area contributed by atoms with Crippen LogP contribution in [0.5, 0.6) is 23.0 Å². The van der Waals surface area contributed by atoms with Crippen LogP contribution in [0.1, 0.15) is 16.8 Å². The summed E-state index contributed by atoms with van der Waals surface area (Å²) in [7, 11) is 0. The van der Waals surface area contributed by atoms with E-state index in [2.05, 4.69) is 51.0 Å². The number of aromatic nitrogens is 8. The number of hydrogen-bond acceptors (Lipinski definition) is 10. The first kappa shape index (κ1) is 39.4. The summed E-state index contributed by atoms with van der Waals surface area (Å²) in [4.78, 5) is 18.1. The molecule has 12 nitrogen and oxygen atoms in total. The number of para-hydroxylation sites is 1. The Morgan fingerprint density at radius 3 is 1.71 bits per heavy atom. The predicted octanol–water partition coefficient (Wildman–Crippen LogP) is 12.7. The van der Waals surface area contributed by atoms with Crippen LogP contribution in [0.15, 0.2) is 158 Å². The first-order valence-electron chi connectivity index (χ1n) is 19.8. The van der Waals surface area contributed by atoms with E-state index in [1.807, 2.05) is 172 Å². The molecule has 0 spiro atoms. The van der Waals surface area contributed by atoms with Gasteiger partial charge in [0.05, 0.1) is 11.0 Å². The van der Waals surface area contributed by atoms with Crippen molar-refractivity contribution in [3.63, 3.8) is 0 Å². The number of benzene rings is 6. The molecule has 4 aromatic heterocycles. The number of rotatable bonds is 10. The van der Waals surface area contributed by atoms with Crippen LogP contribution in [0.25, 0.3) is 44.6 Å². The smallest absolute Gasteiger partial charge is 0.246 e. The van der Waals surface area contributed by atoms with Crippen LogP contribution in [0.3, 0.4) is 0 Å². The molecule has 0 fully saturated rings. The van der Waals surface area contributed by atoms with E-state index in [0.29, 0.717) is 40.1 Å². The lowest BCUT2D eigenvalue weighted by atomic mass is 10.1. The Morgan fingerprint density at radius 2 is 1.08 bits per heavy atom. The van der Waals surface area contributed by atoms with Crippen LogP contribution in [0.2, 0.25) is 5.02 Å². The fourth-order valence-corrected chi connectivity index (χ4v) is 6.97. The van der Waals surface area contributed by atoms with Crippen LogP contribution in [-0.2, 0) is 0 Å². The molecule has 0 aliphatic heterocycles. The van der Waals surface area contributed by atoms with E-state index < -0.39 is 0 Å². The minimum atomic E-state index is 0.504. The number of halogens is 1. The Hall–Kier alpha value is -8.09. The first-order chi connectivity index (χ1) is 30.3. The number of anilines is 4. The molecule has 0 atom stereocenters. The lowest BCUT2D eigenvalue weighted by Crippen LogP contribution is -1.92. The van der Waals surface area contributed by atoms with Gasteiger partial charge >= 0.3 is 0 Å². The number of nitrogens with one attached hydrogen (secondary N) is 4. The van der Waals surface area contributed by atoms with Gasteiger partial charge in [0.2, 0.25) is 11.9 Å². The van der Waals surface area contributed by atoms with Crippen molar-refractivity contribution in [2.45, 2.75) is 20.8 Å². The standard InChI is InChI=1S/C25H21N5O.C24H18ClN5O/c1-16-7-5-9-19(13-16)27-25-28-24(29-30-25)18-8-6-10-20(15-18)31-23-14-17(2)26-22-12-4-3-11-21(22)23;1-15-4-2-6-18(12-15)27-24-28-23(29-30-24)16-5-3-7-19(13-16)31-22-10-11-26-21-14-17(25)8-9-20(21)22/h3-15H,1-2H3,(H2,27,28,29,30);2-14H,1H3,(H2,27,28,29,30). The maximum atomic E-state index is 6.23. The summed E-state index contributed by atoms with van der Waals surface area (Å²) in [5.74, 6) is 5.22. The van der Waals surface area contributed by atoms with Crippen LogP contribution in [0.4, 0.5) is 23.3 Å². The minimum absolute atomic E-state index is 0.504. The van der Waals surface area contributed by atoms with E-state index in [4.69, 9.17) is 21.1 Å². The molecule has 6 aromatic carbocycles. The number of pyridine rings is 2. The number of nitrogens with zero attached hydrogens (tertiary/aromatic N) is 6. The second-order valence-electron chi connectivity index (χ2n) is 14.5. The van der Waals surface area contributed by atoms with Crippen molar-refractivity contribution in [3.8, 4) is 45.8 Å². The maximum Gasteiger partial charge on any atom is 0.246 e. The van der Waals surface area contributed by atoms with Crippen molar-refractivity contribution in [3.05, 3.63) is 180 Å². The normalized spacial score (nSPS) is 10.9. The van der Waals surface area contributed by atoms with E-state index >= 15 is 0 Å². The van der Waals surface area contributed by atoms with Crippen molar-refractivity contribution in [2.24, 2.45) is 0 Å². The molecule has 0 bridgehead atoms. The molecule has 304 valence electrons. The van der Waals surface area contributed by atoms with Crippen molar-refractivity contribution >= 4 is 56.7 Å². The van der Waals surface area contributed by atoms with Gasteiger partial charge in [-0.05, 0) is 117 Å². The molecule has 0 radical (unpaired) electrons. The molecule has 4 heterocycles. The minimum Gasteiger partial charge on any atom is -0.457 e. The fourth-order valence-electron chi connectivity index (χ4n) is 6.80. The molecule has 62 heavy (non-hydrogen) atoms. The number of aryl methyl sites for hydroxylation is 3. The van der Waals surface area contributed by atoms with Gasteiger partial charge in [-0.1, -0.05) is 72.3 Å². The SMILES string of the molecule is Cc1cccc(Nc2n[nH]c(-c3cccc(Oc4cc(C)nc5ccccc45)c3)n2)c1.Cc1cccc(Nc2n[nH]c(-c3cccc(Oc4ccnc5cc(Cl)ccc45)c3)n2)c1. The molecular weight excluding hydrogens is 796 g/mol. The van der Waals surface area contributed by atoms with Gasteiger partial charge in [-0.25, -0.2) is 0 Å². The highest BCUT2D eigenvalue weighted by atomic mass is 35.5. The van der Waals surface area contributed by atoms with Crippen molar-refractivity contribution in [2.75, 3.05) is 10.6 Å². The maximum absolute atomic E-state index is 6.23. The summed E-state index contributed by atoms with van der Waals surface area (Å²) in [6, 6.07) is 48.9. The van der Waals surface area contributed by atoms with Gasteiger partial charge in [-0.3, -0.25) is 20.2 Å². The van der Waals surface area contributed by atoms with Crippen LogP contribution < -0.4 is 20.1 Å². The fraction of sp³-hybridized carbons (Fsp3) is 0.0612. The number of ether oxygens (including phenoxy) is 2. The molecule has 10 aromatic rings. The molecular formula is C49H39ClN10O2. The summed E-state index contributed by atoms with van der Waals surface area (Å²) in [5.41, 5.74) is 8.57. The third-order valence-electron chi connectivity index (χ3n) is 9.66. The summed E-state index contributed by atoms with van der Waals surface area (Å²) in [5, 5.41) is 23.5. The highest BCUT2D eigenvalue weighted by molar-refractivity contribution is 6.31. The van der Waals surface area contributed by atoms with Crippen LogP contribution >= 0.6 is 11.6 Å². The Labute approximate surface area is 362 Å². The first-order valence-corrected chi connectivity index (χ1v) is 20.2. The zero-order valence-corrected chi connectivity index (χ0v) is 34.6. The molecule has 13 heteroatoms. The zero-order valence-electron chi connectivity index (χ0n) is 33.9. The van der Waals surface area contributed by atoms with Crippen LogP contribution in [-0.4, -0.2) is 40.3 Å². The molecule has 0 unspecified atom stereocenters. The number of H-pyrrole nitrogens is 2. The Bertz CT molecular complexity index is 3170. The van der Waals surface area contributed by atoms with E-state index in [9.17, 15) is 0 Å². The highest BCUT2D eigenvalue weighted by Gasteiger charge is 2.12. The van der Waals surface area contributed by atoms with E-state index in [0.717, 1.165) is 67.1 Å². The van der Waals surface area contributed by atoms with Gasteiger partial charge in [0, 0.05) is 56.3 Å². The van der Waals surface area contributed by atoms with E-state index in [1.54, 1.807) is 6.20 Å². The zero-order chi connectivity index (χ0) is 42.4. The average Bonchev–Trinajstić information content (AvgIpc) is 3.94. The van der Waals surface area contributed by atoms with E-state index in [-0.39, 0.29) is 0 Å². The van der Waals surface area contributed by atoms with Crippen molar-refractivity contribution in [1.82, 2.24) is 40.3 Å². The Kier molecular flexibility index (Phi) is 11.2. The van der Waals surface area contributed by atoms with Gasteiger partial charge in [0.25, 0.3) is 0 Å². The summed E-state index contributed by atoms with van der Waals surface area (Å²) in [6.45, 7) is 6.06. The van der Waals surface area contributed by atoms with Crippen molar-refractivity contribution in [1.29, 1.82) is 0 Å². The average molecular weight is 835 g/mol. The molecule has 0 aliphatic rings. The predicted molar refractivity (Wildman–Crippen MR) is 246 cm³/mol. The van der Waals surface area contributed by atoms with Crippen LogP contribution in [0, 0.1) is 20.8 Å². The van der Waals surface area contributed by atoms with Gasteiger partial charge in [-0.2, -0.15) is 9.97 Å². The number of fused-ring (bicyclic) bond motifs is 2. The lowest BCUT2D eigenvalue weighted by Gasteiger charge is -2.10. The summed E-state index contributed by atoms with van der Waals surface area (Å²) in [6.07, 6.45) is 1.71. The van der Waals surface area contributed by atoms with Gasteiger partial charge < -0.3 is 20.1 Å². The summed E-state index contributed by atoms with van der Waals surface area (Å²) < 4.78 is 12.4. The molecule has 4 N–H and O–H groups in total. The quantitative estimate of drug-likeness (QED) is 0.105. The number of aromatic amines is 2. The molecule has 0 saturated heterocycles. The molecule has 10 rings (SSSR count). The third kappa shape index (κ3) is 9.36. The molecule has 0 amide bonds. The largest absolute Gasteiger partial charge is 0.457 e. The lowest BCUT2D eigenvalue weighted by molar-refractivity contribution is 0.487. The van der Waals surface area contributed by atoms with E-state index in [1.165, 1.54) is 5.56 Å². The second-order valence-corrected chi connectivity index (χ2v) is 14.9. The topological polar surface area (TPSA) is 151 Å². The Balaban J connectivity index is 0.000000158. The Morgan fingerprint density at radius 1 is 0.500 bits per heavy atom. The van der Waals surface area contributed by atoms with Gasteiger partial charge in [-0.15, -0.1) is 10.2 Å². The van der Waals surface area contributed by atoms with Gasteiger partial charge in [0.1, 0.15) is 23.0 Å². The summed E-state index contributed by atoms with van der Waals surface area (Å²) >= 11 is 6.08. The molecule has 0 saturated carbocycles. The van der Waals surface area contributed by atoms with Crippen molar-refractivity contribution < 1.29 is 9.47 Å². The molecule has 0 aliphatic carbocycles. The number of hydrogen-bond donors (Lipinski definition) is 4. The second kappa shape index (κ2) is 17.6.